The molecule has 0 aromatic carbocycles. The minimum absolute atomic E-state index is 0.591. The van der Waals surface area contributed by atoms with Gasteiger partial charge in [-0.15, -0.1) is 0 Å². The second kappa shape index (κ2) is 6.59. The summed E-state index contributed by atoms with van der Waals surface area (Å²) in [5, 5.41) is 3.24. The molecule has 2 aromatic rings. The Morgan fingerprint density at radius 2 is 1.75 bits per heavy atom. The molecular formula is C17H23N7. The first-order valence-corrected chi connectivity index (χ1v) is 8.73. The van der Waals surface area contributed by atoms with Crippen LogP contribution in [-0.4, -0.2) is 52.7 Å². The quantitative estimate of drug-likeness (QED) is 0.900. The third-order valence-corrected chi connectivity index (χ3v) is 4.49. The van der Waals surface area contributed by atoms with E-state index in [1.54, 1.807) is 0 Å². The lowest BCUT2D eigenvalue weighted by molar-refractivity contribution is 0.632. The monoisotopic (exact) mass is 325 g/mol. The number of piperazine rings is 1. The van der Waals surface area contributed by atoms with Crippen molar-refractivity contribution in [2.75, 3.05) is 47.8 Å². The van der Waals surface area contributed by atoms with Crippen LogP contribution in [0.2, 0.25) is 0 Å². The molecule has 7 heteroatoms. The van der Waals surface area contributed by atoms with Crippen LogP contribution in [0.25, 0.3) is 0 Å². The van der Waals surface area contributed by atoms with Gasteiger partial charge in [0, 0.05) is 51.0 Å². The van der Waals surface area contributed by atoms with Crippen molar-refractivity contribution in [2.45, 2.75) is 25.7 Å². The van der Waals surface area contributed by atoms with Crippen molar-refractivity contribution in [1.82, 2.24) is 19.9 Å². The molecule has 1 saturated heterocycles. The second-order valence-electron chi connectivity index (χ2n) is 6.29. The fourth-order valence-corrected chi connectivity index (χ4v) is 2.99. The highest BCUT2D eigenvalue weighted by Crippen LogP contribution is 2.38. The molecule has 0 amide bonds. The number of nitrogens with zero attached hydrogens (tertiary/aromatic N) is 6. The van der Waals surface area contributed by atoms with E-state index in [-0.39, 0.29) is 0 Å². The van der Waals surface area contributed by atoms with E-state index in [9.17, 15) is 0 Å². The number of hydrogen-bond acceptors (Lipinski definition) is 7. The molecule has 0 bridgehead atoms. The Labute approximate surface area is 142 Å². The average Bonchev–Trinajstić information content (AvgIpc) is 3.48. The maximum absolute atomic E-state index is 4.75. The average molecular weight is 325 g/mol. The van der Waals surface area contributed by atoms with Gasteiger partial charge in [-0.3, -0.25) is 0 Å². The van der Waals surface area contributed by atoms with E-state index in [1.165, 1.54) is 12.8 Å². The lowest BCUT2D eigenvalue weighted by Crippen LogP contribution is -2.47. The van der Waals surface area contributed by atoms with Crippen LogP contribution in [0.15, 0.2) is 24.5 Å². The van der Waals surface area contributed by atoms with E-state index in [4.69, 9.17) is 4.98 Å². The van der Waals surface area contributed by atoms with Crippen molar-refractivity contribution in [2.24, 2.45) is 0 Å². The molecule has 0 atom stereocenters. The van der Waals surface area contributed by atoms with Crippen LogP contribution in [0.1, 0.15) is 31.5 Å². The molecule has 1 aliphatic carbocycles. The summed E-state index contributed by atoms with van der Waals surface area (Å²) in [5.74, 6) is 4.34. The van der Waals surface area contributed by atoms with Crippen molar-refractivity contribution in [3.63, 3.8) is 0 Å². The highest BCUT2D eigenvalue weighted by Gasteiger charge is 2.27. The van der Waals surface area contributed by atoms with Gasteiger partial charge in [-0.2, -0.15) is 4.98 Å². The molecule has 1 saturated carbocycles. The van der Waals surface area contributed by atoms with Crippen molar-refractivity contribution >= 4 is 17.6 Å². The maximum atomic E-state index is 4.75. The van der Waals surface area contributed by atoms with Crippen LogP contribution in [0.3, 0.4) is 0 Å². The zero-order valence-electron chi connectivity index (χ0n) is 14.0. The van der Waals surface area contributed by atoms with Gasteiger partial charge in [-0.05, 0) is 31.9 Å². The topological polar surface area (TPSA) is 70.1 Å². The molecule has 126 valence electrons. The Hall–Kier alpha value is -2.44. The number of rotatable bonds is 5. The van der Waals surface area contributed by atoms with Gasteiger partial charge in [-0.1, -0.05) is 0 Å². The van der Waals surface area contributed by atoms with Crippen LogP contribution in [0, 0.1) is 0 Å². The SMILES string of the molecule is CCNc1ccnc(N2CCN(c3ccnc(C4CC4)n3)CC2)n1. The third kappa shape index (κ3) is 3.25. The normalized spacial score (nSPS) is 17.9. The molecule has 0 radical (unpaired) electrons. The zero-order chi connectivity index (χ0) is 16.4. The molecule has 0 unspecified atom stereocenters. The van der Waals surface area contributed by atoms with Crippen LogP contribution in [0.4, 0.5) is 17.6 Å². The Bertz CT molecular complexity index is 693. The Morgan fingerprint density at radius 3 is 2.50 bits per heavy atom. The number of aromatic nitrogens is 4. The highest BCUT2D eigenvalue weighted by atomic mass is 15.3. The largest absolute Gasteiger partial charge is 0.370 e. The lowest BCUT2D eigenvalue weighted by atomic mass is 10.3. The number of hydrogen-bond donors (Lipinski definition) is 1. The van der Waals surface area contributed by atoms with Gasteiger partial charge in [-0.25, -0.2) is 15.0 Å². The Kier molecular flexibility index (Phi) is 4.15. The Morgan fingerprint density at radius 1 is 1.00 bits per heavy atom. The van der Waals surface area contributed by atoms with Gasteiger partial charge >= 0.3 is 0 Å². The summed E-state index contributed by atoms with van der Waals surface area (Å²) in [6.07, 6.45) is 6.18. The fourth-order valence-electron chi connectivity index (χ4n) is 2.99. The summed E-state index contributed by atoms with van der Waals surface area (Å²) in [5.41, 5.74) is 0. The molecule has 4 rings (SSSR count). The van der Waals surface area contributed by atoms with E-state index in [0.29, 0.717) is 5.92 Å². The Balaban J connectivity index is 1.41. The summed E-state index contributed by atoms with van der Waals surface area (Å²) in [6, 6.07) is 3.92. The van der Waals surface area contributed by atoms with Crippen molar-refractivity contribution < 1.29 is 0 Å². The number of nitrogens with one attached hydrogen (secondary N) is 1. The van der Waals surface area contributed by atoms with Crippen molar-refractivity contribution in [3.8, 4) is 0 Å². The highest BCUT2D eigenvalue weighted by molar-refractivity contribution is 5.45. The predicted octanol–water partition coefficient (Wildman–Crippen LogP) is 1.90. The smallest absolute Gasteiger partial charge is 0.227 e. The van der Waals surface area contributed by atoms with E-state index < -0.39 is 0 Å². The summed E-state index contributed by atoms with van der Waals surface area (Å²) < 4.78 is 0. The molecule has 7 nitrogen and oxygen atoms in total. The first-order valence-electron chi connectivity index (χ1n) is 8.73. The molecule has 2 fully saturated rings. The third-order valence-electron chi connectivity index (χ3n) is 4.49. The van der Waals surface area contributed by atoms with Crippen LogP contribution in [-0.2, 0) is 0 Å². The van der Waals surface area contributed by atoms with Crippen molar-refractivity contribution in [3.05, 3.63) is 30.4 Å². The first-order chi connectivity index (χ1) is 11.8. The van der Waals surface area contributed by atoms with E-state index in [1.807, 2.05) is 24.5 Å². The summed E-state index contributed by atoms with van der Waals surface area (Å²) in [7, 11) is 0. The molecule has 1 N–H and O–H groups in total. The van der Waals surface area contributed by atoms with Crippen LogP contribution >= 0.6 is 0 Å². The van der Waals surface area contributed by atoms with E-state index >= 15 is 0 Å². The van der Waals surface area contributed by atoms with Crippen molar-refractivity contribution in [1.29, 1.82) is 0 Å². The van der Waals surface area contributed by atoms with E-state index in [2.05, 4.69) is 37.0 Å². The number of anilines is 3. The van der Waals surface area contributed by atoms with Gasteiger partial charge in [0.05, 0.1) is 0 Å². The maximum Gasteiger partial charge on any atom is 0.227 e. The molecule has 3 heterocycles. The van der Waals surface area contributed by atoms with Gasteiger partial charge in [0.15, 0.2) is 0 Å². The molecular weight excluding hydrogens is 302 g/mol. The zero-order valence-corrected chi connectivity index (χ0v) is 14.0. The summed E-state index contributed by atoms with van der Waals surface area (Å²) in [6.45, 7) is 6.59. The summed E-state index contributed by atoms with van der Waals surface area (Å²) >= 11 is 0. The lowest BCUT2D eigenvalue weighted by Gasteiger charge is -2.35. The fraction of sp³-hybridized carbons (Fsp3) is 0.529. The van der Waals surface area contributed by atoms with Crippen LogP contribution < -0.4 is 15.1 Å². The molecule has 0 spiro atoms. The first kappa shape index (κ1) is 15.1. The predicted molar refractivity (Wildman–Crippen MR) is 94.6 cm³/mol. The molecule has 1 aliphatic heterocycles. The molecule has 24 heavy (non-hydrogen) atoms. The van der Waals surface area contributed by atoms with Gasteiger partial charge in [0.25, 0.3) is 0 Å². The van der Waals surface area contributed by atoms with Gasteiger partial charge < -0.3 is 15.1 Å². The van der Waals surface area contributed by atoms with Gasteiger partial charge in [0.2, 0.25) is 5.95 Å². The minimum Gasteiger partial charge on any atom is -0.370 e. The van der Waals surface area contributed by atoms with E-state index in [0.717, 1.165) is 56.1 Å². The molecule has 2 aromatic heterocycles. The van der Waals surface area contributed by atoms with Crippen LogP contribution in [0.5, 0.6) is 0 Å². The summed E-state index contributed by atoms with van der Waals surface area (Å²) in [4.78, 5) is 22.7. The standard InChI is InChI=1S/C17H23N7/c1-2-18-14-5-7-20-17(21-14)24-11-9-23(10-12-24)15-6-8-19-16(22-15)13-3-4-13/h5-8,13H,2-4,9-12H2,1H3,(H,18,20,21). The second-order valence-corrected chi connectivity index (χ2v) is 6.29. The van der Waals surface area contributed by atoms with Gasteiger partial charge in [0.1, 0.15) is 17.5 Å². The molecule has 2 aliphatic rings. The minimum atomic E-state index is 0.591.